The van der Waals surface area contributed by atoms with Crippen molar-refractivity contribution in [3.8, 4) is 0 Å². The van der Waals surface area contributed by atoms with E-state index in [0.717, 1.165) is 5.56 Å². The Bertz CT molecular complexity index is 937. The number of nitrogens with zero attached hydrogens (tertiary/aromatic N) is 1. The maximum Gasteiger partial charge on any atom is 0.275 e. The first-order valence-electron chi connectivity index (χ1n) is 8.28. The molecule has 26 heavy (non-hydrogen) atoms. The van der Waals surface area contributed by atoms with Crippen LogP contribution < -0.4 is 15.6 Å². The van der Waals surface area contributed by atoms with E-state index in [4.69, 9.17) is 0 Å². The molecular weight excluding hydrogens is 354 g/mol. The van der Waals surface area contributed by atoms with E-state index in [1.807, 2.05) is 37.3 Å². The second-order valence-corrected chi connectivity index (χ2v) is 8.00. The maximum atomic E-state index is 12.5. The molecule has 0 bridgehead atoms. The Morgan fingerprint density at radius 2 is 1.81 bits per heavy atom. The Kier molecular flexibility index (Phi) is 6.20. The first kappa shape index (κ1) is 19.7. The Morgan fingerprint density at radius 3 is 2.42 bits per heavy atom. The molecule has 0 spiro atoms. The molecule has 2 N–H and O–H groups in total. The summed E-state index contributed by atoms with van der Waals surface area (Å²) < 4.78 is 26.9. The van der Waals surface area contributed by atoms with Crippen molar-refractivity contribution in [2.45, 2.75) is 33.4 Å². The molecule has 0 radical (unpaired) electrons. The van der Waals surface area contributed by atoms with Gasteiger partial charge in [-0.1, -0.05) is 30.3 Å². The van der Waals surface area contributed by atoms with E-state index in [1.165, 1.54) is 17.6 Å². The number of sulfonamides is 1. The average molecular weight is 377 g/mol. The zero-order valence-corrected chi connectivity index (χ0v) is 15.8. The van der Waals surface area contributed by atoms with E-state index in [1.54, 1.807) is 13.0 Å². The maximum absolute atomic E-state index is 12.5. The van der Waals surface area contributed by atoms with Crippen LogP contribution in [0.2, 0.25) is 0 Å². The second kappa shape index (κ2) is 8.18. The minimum atomic E-state index is -3.57. The topological polar surface area (TPSA) is 97.3 Å². The summed E-state index contributed by atoms with van der Waals surface area (Å²) in [7, 11) is -3.57. The standard InChI is InChI=1S/C18H23N3O4S/c1-4-26(24,25)20-16-11-10-13(2)21(18(16)23)12-17(22)19-14(3)15-8-6-5-7-9-15/h5-11,14,20H,4,12H2,1-3H3,(H,19,22). The Morgan fingerprint density at radius 1 is 1.15 bits per heavy atom. The molecule has 0 fully saturated rings. The molecule has 1 aromatic carbocycles. The molecule has 8 heteroatoms. The lowest BCUT2D eigenvalue weighted by Crippen LogP contribution is -2.35. The molecule has 0 saturated heterocycles. The second-order valence-electron chi connectivity index (χ2n) is 5.99. The van der Waals surface area contributed by atoms with Gasteiger partial charge in [-0.25, -0.2) is 8.42 Å². The van der Waals surface area contributed by atoms with E-state index in [-0.39, 0.29) is 29.9 Å². The highest BCUT2D eigenvalue weighted by Gasteiger charge is 2.15. The van der Waals surface area contributed by atoms with Gasteiger partial charge in [-0.05, 0) is 38.5 Å². The van der Waals surface area contributed by atoms with Crippen LogP contribution in [0.4, 0.5) is 5.69 Å². The SMILES string of the molecule is CCS(=O)(=O)Nc1ccc(C)n(CC(=O)NC(C)c2ccccc2)c1=O. The summed E-state index contributed by atoms with van der Waals surface area (Å²) in [5, 5.41) is 2.84. The molecule has 140 valence electrons. The zero-order valence-electron chi connectivity index (χ0n) is 15.0. The first-order chi connectivity index (χ1) is 12.2. The molecular formula is C18H23N3O4S. The largest absolute Gasteiger partial charge is 0.348 e. The van der Waals surface area contributed by atoms with E-state index < -0.39 is 15.6 Å². The van der Waals surface area contributed by atoms with E-state index in [9.17, 15) is 18.0 Å². The Labute approximate surface area is 153 Å². The molecule has 7 nitrogen and oxygen atoms in total. The number of hydrogen-bond acceptors (Lipinski definition) is 4. The van der Waals surface area contributed by atoms with Crippen LogP contribution in [0.3, 0.4) is 0 Å². The highest BCUT2D eigenvalue weighted by molar-refractivity contribution is 7.92. The zero-order chi connectivity index (χ0) is 19.3. The van der Waals surface area contributed by atoms with Crippen LogP contribution in [0.1, 0.15) is 31.1 Å². The van der Waals surface area contributed by atoms with Gasteiger partial charge in [0.15, 0.2) is 0 Å². The van der Waals surface area contributed by atoms with E-state index in [2.05, 4.69) is 10.0 Å². The first-order valence-corrected chi connectivity index (χ1v) is 9.94. The fraction of sp³-hybridized carbons (Fsp3) is 0.333. The van der Waals surface area contributed by atoms with Gasteiger partial charge in [0, 0.05) is 5.69 Å². The lowest BCUT2D eigenvalue weighted by atomic mass is 10.1. The third-order valence-electron chi connectivity index (χ3n) is 4.02. The summed E-state index contributed by atoms with van der Waals surface area (Å²) in [6.45, 7) is 4.83. The summed E-state index contributed by atoms with van der Waals surface area (Å²) in [4.78, 5) is 24.9. The third kappa shape index (κ3) is 4.95. The van der Waals surface area contributed by atoms with Gasteiger partial charge in [0.2, 0.25) is 15.9 Å². The fourth-order valence-corrected chi connectivity index (χ4v) is 3.08. The number of carbonyl (C=O) groups excluding carboxylic acids is 1. The Balaban J connectivity index is 2.18. The number of anilines is 1. The van der Waals surface area contributed by atoms with Crippen LogP contribution in [-0.4, -0.2) is 24.6 Å². The van der Waals surface area contributed by atoms with Gasteiger partial charge in [0.05, 0.1) is 11.8 Å². The number of amides is 1. The molecule has 0 saturated carbocycles. The van der Waals surface area contributed by atoms with Crippen LogP contribution in [0.25, 0.3) is 0 Å². The van der Waals surface area contributed by atoms with Crippen LogP contribution in [0.5, 0.6) is 0 Å². The highest BCUT2D eigenvalue weighted by Crippen LogP contribution is 2.11. The number of benzene rings is 1. The third-order valence-corrected chi connectivity index (χ3v) is 5.31. The number of nitrogens with one attached hydrogen (secondary N) is 2. The molecule has 0 aliphatic carbocycles. The quantitative estimate of drug-likeness (QED) is 0.769. The molecule has 1 amide bonds. The van der Waals surface area contributed by atoms with Crippen molar-refractivity contribution in [3.05, 3.63) is 64.1 Å². The van der Waals surface area contributed by atoms with Crippen LogP contribution in [-0.2, 0) is 21.4 Å². The summed E-state index contributed by atoms with van der Waals surface area (Å²) in [6.07, 6.45) is 0. The number of carbonyl (C=O) groups is 1. The number of hydrogen-bond donors (Lipinski definition) is 2. The normalized spacial score (nSPS) is 12.4. The monoisotopic (exact) mass is 377 g/mol. The lowest BCUT2D eigenvalue weighted by molar-refractivity contribution is -0.122. The van der Waals surface area contributed by atoms with Crippen molar-refractivity contribution in [3.63, 3.8) is 0 Å². The fourth-order valence-electron chi connectivity index (χ4n) is 2.44. The summed E-state index contributed by atoms with van der Waals surface area (Å²) in [5.41, 5.74) is 0.900. The van der Waals surface area contributed by atoms with Crippen molar-refractivity contribution >= 4 is 21.6 Å². The number of pyridine rings is 1. The van der Waals surface area contributed by atoms with Crippen LogP contribution in [0, 0.1) is 6.92 Å². The number of rotatable bonds is 7. The predicted octanol–water partition coefficient (Wildman–Crippen LogP) is 1.80. The van der Waals surface area contributed by atoms with Crippen molar-refractivity contribution < 1.29 is 13.2 Å². The Hall–Kier alpha value is -2.61. The van der Waals surface area contributed by atoms with Crippen molar-refractivity contribution in [1.29, 1.82) is 0 Å². The van der Waals surface area contributed by atoms with E-state index in [0.29, 0.717) is 5.69 Å². The molecule has 1 aromatic heterocycles. The van der Waals surface area contributed by atoms with Crippen molar-refractivity contribution in [2.75, 3.05) is 10.5 Å². The molecule has 2 rings (SSSR count). The molecule has 2 aromatic rings. The molecule has 1 heterocycles. The highest BCUT2D eigenvalue weighted by atomic mass is 32.2. The predicted molar refractivity (Wildman–Crippen MR) is 102 cm³/mol. The minimum absolute atomic E-state index is 0.0682. The van der Waals surface area contributed by atoms with Crippen molar-refractivity contribution in [1.82, 2.24) is 9.88 Å². The molecule has 0 aliphatic rings. The van der Waals surface area contributed by atoms with Crippen LogP contribution in [0.15, 0.2) is 47.3 Å². The summed E-state index contributed by atoms with van der Waals surface area (Å²) in [5.74, 6) is -0.475. The molecule has 1 atom stereocenters. The van der Waals surface area contributed by atoms with Gasteiger partial charge >= 0.3 is 0 Å². The molecule has 0 aliphatic heterocycles. The average Bonchev–Trinajstić information content (AvgIpc) is 2.61. The smallest absolute Gasteiger partial charge is 0.275 e. The van der Waals surface area contributed by atoms with Gasteiger partial charge in [0.25, 0.3) is 5.56 Å². The molecule has 1 unspecified atom stereocenters. The van der Waals surface area contributed by atoms with E-state index >= 15 is 0 Å². The van der Waals surface area contributed by atoms with Gasteiger partial charge in [-0.15, -0.1) is 0 Å². The lowest BCUT2D eigenvalue weighted by Gasteiger charge is -2.16. The summed E-state index contributed by atoms with van der Waals surface area (Å²) in [6, 6.07) is 12.3. The van der Waals surface area contributed by atoms with Gasteiger partial charge in [0.1, 0.15) is 12.2 Å². The number of aryl methyl sites for hydroxylation is 1. The van der Waals surface area contributed by atoms with Crippen molar-refractivity contribution in [2.24, 2.45) is 0 Å². The minimum Gasteiger partial charge on any atom is -0.348 e. The summed E-state index contributed by atoms with van der Waals surface area (Å²) >= 11 is 0. The van der Waals surface area contributed by atoms with Gasteiger partial charge in [-0.3, -0.25) is 14.3 Å². The van der Waals surface area contributed by atoms with Gasteiger partial charge in [-0.2, -0.15) is 0 Å². The number of aromatic nitrogens is 1. The van der Waals surface area contributed by atoms with Crippen LogP contribution >= 0.6 is 0 Å². The van der Waals surface area contributed by atoms with Gasteiger partial charge < -0.3 is 9.88 Å².